The molecule has 6 heteroatoms. The number of amides is 1. The maximum atomic E-state index is 13.4. The number of carbonyl (C=O) groups is 1. The number of carbonyl (C=O) groups excluding carboxylic acids is 1. The summed E-state index contributed by atoms with van der Waals surface area (Å²) < 4.78 is 51.5. The summed E-state index contributed by atoms with van der Waals surface area (Å²) in [5, 5.41) is 0. The fraction of sp³-hybridized carbons (Fsp3) is 0.417. The first-order valence-electron chi connectivity index (χ1n) is 5.53. The molecule has 1 aromatic rings. The van der Waals surface area contributed by atoms with Crippen molar-refractivity contribution >= 4 is 5.91 Å². The van der Waals surface area contributed by atoms with Crippen molar-refractivity contribution in [3.05, 3.63) is 35.6 Å². The molecule has 1 aliphatic rings. The maximum absolute atomic E-state index is 13.4. The van der Waals surface area contributed by atoms with Crippen molar-refractivity contribution in [3.63, 3.8) is 0 Å². The van der Waals surface area contributed by atoms with Crippen LogP contribution in [0, 0.1) is 5.82 Å². The maximum Gasteiger partial charge on any atom is 0.408 e. The second-order valence-corrected chi connectivity index (χ2v) is 4.18. The molecular formula is C12H11F4NO. The van der Waals surface area contributed by atoms with E-state index >= 15 is 0 Å². The second-order valence-electron chi connectivity index (χ2n) is 4.18. The van der Waals surface area contributed by atoms with E-state index in [4.69, 9.17) is 0 Å². The molecule has 1 unspecified atom stereocenters. The SMILES string of the molecule is O=C(c1ccccc1F)N1CCCC1C(F)(F)F. The highest BCUT2D eigenvalue weighted by atomic mass is 19.4. The van der Waals surface area contributed by atoms with E-state index in [1.807, 2.05) is 0 Å². The summed E-state index contributed by atoms with van der Waals surface area (Å²) in [7, 11) is 0. The van der Waals surface area contributed by atoms with Crippen molar-refractivity contribution in [2.45, 2.75) is 25.1 Å². The predicted molar refractivity (Wildman–Crippen MR) is 56.5 cm³/mol. The van der Waals surface area contributed by atoms with Gasteiger partial charge < -0.3 is 4.90 Å². The molecule has 1 amide bonds. The van der Waals surface area contributed by atoms with Gasteiger partial charge in [-0.1, -0.05) is 12.1 Å². The first-order chi connectivity index (χ1) is 8.41. The molecule has 1 fully saturated rings. The van der Waals surface area contributed by atoms with Gasteiger partial charge in [0.2, 0.25) is 0 Å². The summed E-state index contributed by atoms with van der Waals surface area (Å²) >= 11 is 0. The van der Waals surface area contributed by atoms with Gasteiger partial charge in [0.15, 0.2) is 0 Å². The zero-order valence-corrected chi connectivity index (χ0v) is 9.38. The topological polar surface area (TPSA) is 20.3 Å². The van der Waals surface area contributed by atoms with Gasteiger partial charge in [-0.15, -0.1) is 0 Å². The van der Waals surface area contributed by atoms with Gasteiger partial charge in [0.05, 0.1) is 5.56 Å². The molecule has 18 heavy (non-hydrogen) atoms. The number of halogens is 4. The van der Waals surface area contributed by atoms with Gasteiger partial charge in [0, 0.05) is 6.54 Å². The number of nitrogens with zero attached hydrogens (tertiary/aromatic N) is 1. The van der Waals surface area contributed by atoms with Crippen LogP contribution in [-0.2, 0) is 0 Å². The van der Waals surface area contributed by atoms with E-state index in [0.29, 0.717) is 4.90 Å². The molecule has 1 saturated heterocycles. The smallest absolute Gasteiger partial charge is 0.326 e. The molecule has 1 atom stereocenters. The van der Waals surface area contributed by atoms with Crippen LogP contribution in [0.4, 0.5) is 17.6 Å². The average molecular weight is 261 g/mol. The van der Waals surface area contributed by atoms with Crippen molar-refractivity contribution in [3.8, 4) is 0 Å². The van der Waals surface area contributed by atoms with Crippen LogP contribution in [0.15, 0.2) is 24.3 Å². The van der Waals surface area contributed by atoms with Crippen molar-refractivity contribution in [2.24, 2.45) is 0 Å². The van der Waals surface area contributed by atoms with Crippen LogP contribution in [0.1, 0.15) is 23.2 Å². The predicted octanol–water partition coefficient (Wildman–Crippen LogP) is 2.99. The van der Waals surface area contributed by atoms with Crippen molar-refractivity contribution in [1.82, 2.24) is 4.90 Å². The Bertz CT molecular complexity index is 458. The van der Waals surface area contributed by atoms with Crippen LogP contribution in [-0.4, -0.2) is 29.6 Å². The molecule has 2 rings (SSSR count). The molecule has 0 bridgehead atoms. The molecule has 0 saturated carbocycles. The molecule has 0 N–H and O–H groups in total. The summed E-state index contributed by atoms with van der Waals surface area (Å²) in [5.74, 6) is -1.69. The van der Waals surface area contributed by atoms with E-state index in [1.54, 1.807) is 0 Å². The highest BCUT2D eigenvalue weighted by Crippen LogP contribution is 2.33. The van der Waals surface area contributed by atoms with E-state index < -0.39 is 23.9 Å². The van der Waals surface area contributed by atoms with Gasteiger partial charge in [-0.2, -0.15) is 13.2 Å². The van der Waals surface area contributed by atoms with Crippen LogP contribution in [0.5, 0.6) is 0 Å². The van der Waals surface area contributed by atoms with Gasteiger partial charge >= 0.3 is 6.18 Å². The second kappa shape index (κ2) is 4.59. The van der Waals surface area contributed by atoms with Gasteiger partial charge in [-0.3, -0.25) is 4.79 Å². The minimum Gasteiger partial charge on any atom is -0.326 e. The van der Waals surface area contributed by atoms with E-state index in [1.165, 1.54) is 18.2 Å². The normalized spacial score (nSPS) is 20.2. The molecule has 98 valence electrons. The zero-order valence-electron chi connectivity index (χ0n) is 9.38. The third kappa shape index (κ3) is 2.32. The Kier molecular flexibility index (Phi) is 3.28. The highest BCUT2D eigenvalue weighted by Gasteiger charge is 2.48. The quantitative estimate of drug-likeness (QED) is 0.712. The lowest BCUT2D eigenvalue weighted by molar-refractivity contribution is -0.169. The Balaban J connectivity index is 2.27. The molecule has 0 spiro atoms. The molecule has 0 aromatic heterocycles. The standard InChI is InChI=1S/C12H11F4NO/c13-9-5-2-1-4-8(9)11(18)17-7-3-6-10(17)12(14,15)16/h1-2,4-5,10H,3,6-7H2. The Morgan fingerprint density at radius 3 is 2.56 bits per heavy atom. The molecule has 0 radical (unpaired) electrons. The number of rotatable bonds is 1. The Morgan fingerprint density at radius 2 is 1.94 bits per heavy atom. The zero-order chi connectivity index (χ0) is 13.3. The minimum atomic E-state index is -4.46. The number of benzene rings is 1. The van der Waals surface area contributed by atoms with E-state index in [-0.39, 0.29) is 24.9 Å². The van der Waals surface area contributed by atoms with Gasteiger partial charge in [0.1, 0.15) is 11.9 Å². The lowest BCUT2D eigenvalue weighted by atomic mass is 10.1. The highest BCUT2D eigenvalue weighted by molar-refractivity contribution is 5.94. The molecule has 1 heterocycles. The van der Waals surface area contributed by atoms with Crippen LogP contribution in [0.25, 0.3) is 0 Å². The van der Waals surface area contributed by atoms with Crippen LogP contribution in [0.2, 0.25) is 0 Å². The third-order valence-corrected chi connectivity index (χ3v) is 3.00. The van der Waals surface area contributed by atoms with Gasteiger partial charge in [-0.05, 0) is 25.0 Å². The van der Waals surface area contributed by atoms with Gasteiger partial charge in [0.25, 0.3) is 5.91 Å². The lowest BCUT2D eigenvalue weighted by Gasteiger charge is -2.26. The lowest BCUT2D eigenvalue weighted by Crippen LogP contribution is -2.44. The van der Waals surface area contributed by atoms with E-state index in [0.717, 1.165) is 6.07 Å². The Labute approximate surface area is 101 Å². The summed E-state index contributed by atoms with van der Waals surface area (Å²) in [6.07, 6.45) is -4.30. The molecular weight excluding hydrogens is 250 g/mol. The number of hydrogen-bond acceptors (Lipinski definition) is 1. The average Bonchev–Trinajstić information content (AvgIpc) is 2.77. The Morgan fingerprint density at radius 1 is 1.28 bits per heavy atom. The third-order valence-electron chi connectivity index (χ3n) is 3.00. The Hall–Kier alpha value is -1.59. The van der Waals surface area contributed by atoms with Gasteiger partial charge in [-0.25, -0.2) is 4.39 Å². The summed E-state index contributed by atoms with van der Waals surface area (Å²) in [6.45, 7) is 0.0113. The van der Waals surface area contributed by atoms with Crippen molar-refractivity contribution in [2.75, 3.05) is 6.54 Å². The summed E-state index contributed by atoms with van der Waals surface area (Å²) in [5.41, 5.74) is -0.311. The van der Waals surface area contributed by atoms with Crippen LogP contribution >= 0.6 is 0 Å². The van der Waals surface area contributed by atoms with Crippen LogP contribution < -0.4 is 0 Å². The van der Waals surface area contributed by atoms with Crippen molar-refractivity contribution < 1.29 is 22.4 Å². The number of alkyl halides is 3. The molecule has 0 aliphatic carbocycles. The summed E-state index contributed by atoms with van der Waals surface area (Å²) in [6, 6.07) is 3.27. The van der Waals surface area contributed by atoms with Crippen LogP contribution in [0.3, 0.4) is 0 Å². The fourth-order valence-corrected chi connectivity index (χ4v) is 2.14. The fourth-order valence-electron chi connectivity index (χ4n) is 2.14. The van der Waals surface area contributed by atoms with E-state index in [9.17, 15) is 22.4 Å². The number of likely N-dealkylation sites (tertiary alicyclic amines) is 1. The number of hydrogen-bond donors (Lipinski definition) is 0. The molecule has 2 nitrogen and oxygen atoms in total. The minimum absolute atomic E-state index is 0.0113. The molecule has 1 aromatic carbocycles. The monoisotopic (exact) mass is 261 g/mol. The van der Waals surface area contributed by atoms with Crippen molar-refractivity contribution in [1.29, 1.82) is 0 Å². The first-order valence-corrected chi connectivity index (χ1v) is 5.53. The van der Waals surface area contributed by atoms with E-state index in [2.05, 4.69) is 0 Å². The first kappa shape index (κ1) is 12.9. The summed E-state index contributed by atoms with van der Waals surface area (Å²) in [4.78, 5) is 12.6. The largest absolute Gasteiger partial charge is 0.408 e. The molecule has 1 aliphatic heterocycles.